The van der Waals surface area contributed by atoms with Crippen molar-refractivity contribution in [3.63, 3.8) is 0 Å². The van der Waals surface area contributed by atoms with E-state index >= 15 is 0 Å². The van der Waals surface area contributed by atoms with Crippen LogP contribution in [0, 0.1) is 5.92 Å². The minimum Gasteiger partial charge on any atom is -0.325 e. The average molecular weight is 220 g/mol. The monoisotopic (exact) mass is 220 g/mol. The smallest absolute Gasteiger partial charge is 0.241 e. The molecule has 1 unspecified atom stereocenters. The summed E-state index contributed by atoms with van der Waals surface area (Å²) in [6.07, 6.45) is 0.958. The van der Waals surface area contributed by atoms with Crippen LogP contribution in [-0.2, 0) is 11.2 Å². The summed E-state index contributed by atoms with van der Waals surface area (Å²) in [6.45, 7) is 5.96. The van der Waals surface area contributed by atoms with E-state index in [9.17, 15) is 4.79 Å². The Balaban J connectivity index is 2.69. The van der Waals surface area contributed by atoms with Gasteiger partial charge in [0.25, 0.3) is 0 Å². The molecule has 0 bridgehead atoms. The Morgan fingerprint density at radius 1 is 1.44 bits per heavy atom. The van der Waals surface area contributed by atoms with E-state index in [1.807, 2.05) is 38.1 Å². The second kappa shape index (κ2) is 5.66. The van der Waals surface area contributed by atoms with Crippen LogP contribution in [0.25, 0.3) is 0 Å². The van der Waals surface area contributed by atoms with Crippen molar-refractivity contribution in [1.29, 1.82) is 0 Å². The molecule has 0 fully saturated rings. The molecule has 0 spiro atoms. The third-order valence-corrected chi connectivity index (χ3v) is 2.62. The molecule has 16 heavy (non-hydrogen) atoms. The third kappa shape index (κ3) is 3.35. The summed E-state index contributed by atoms with van der Waals surface area (Å²) in [7, 11) is 0. The van der Waals surface area contributed by atoms with E-state index in [0.717, 1.165) is 12.1 Å². The fourth-order valence-corrected chi connectivity index (χ4v) is 1.40. The Morgan fingerprint density at radius 2 is 2.12 bits per heavy atom. The van der Waals surface area contributed by atoms with Crippen molar-refractivity contribution in [3.05, 3.63) is 29.8 Å². The number of hydrogen-bond donors (Lipinski definition) is 2. The van der Waals surface area contributed by atoms with Gasteiger partial charge in [-0.25, -0.2) is 0 Å². The molecule has 1 aromatic carbocycles. The summed E-state index contributed by atoms with van der Waals surface area (Å²) in [5.41, 5.74) is 7.79. The molecule has 0 saturated carbocycles. The second-order valence-corrected chi connectivity index (χ2v) is 4.31. The number of nitrogens with one attached hydrogen (secondary N) is 1. The molecule has 0 aliphatic heterocycles. The van der Waals surface area contributed by atoms with Crippen LogP contribution in [0.15, 0.2) is 24.3 Å². The maximum absolute atomic E-state index is 11.7. The van der Waals surface area contributed by atoms with E-state index < -0.39 is 6.04 Å². The van der Waals surface area contributed by atoms with Crippen molar-refractivity contribution in [2.45, 2.75) is 33.2 Å². The number of rotatable bonds is 4. The summed E-state index contributed by atoms with van der Waals surface area (Å²) in [4.78, 5) is 11.7. The van der Waals surface area contributed by atoms with Gasteiger partial charge in [0.2, 0.25) is 5.91 Å². The van der Waals surface area contributed by atoms with Crippen molar-refractivity contribution < 1.29 is 4.79 Å². The summed E-state index contributed by atoms with van der Waals surface area (Å²) in [5.74, 6) is 0.0256. The molecular weight excluding hydrogens is 200 g/mol. The van der Waals surface area contributed by atoms with Crippen LogP contribution in [-0.4, -0.2) is 11.9 Å². The maximum Gasteiger partial charge on any atom is 0.241 e. The third-order valence-electron chi connectivity index (χ3n) is 2.62. The molecule has 88 valence electrons. The van der Waals surface area contributed by atoms with Gasteiger partial charge in [0.05, 0.1) is 6.04 Å². The Morgan fingerprint density at radius 3 is 2.69 bits per heavy atom. The summed E-state index contributed by atoms with van der Waals surface area (Å²) in [5, 5.41) is 2.83. The molecule has 3 N–H and O–H groups in total. The van der Waals surface area contributed by atoms with E-state index in [-0.39, 0.29) is 11.8 Å². The van der Waals surface area contributed by atoms with Crippen LogP contribution in [0.2, 0.25) is 0 Å². The van der Waals surface area contributed by atoms with Gasteiger partial charge < -0.3 is 11.1 Å². The lowest BCUT2D eigenvalue weighted by Crippen LogP contribution is -2.39. The van der Waals surface area contributed by atoms with Gasteiger partial charge in [-0.1, -0.05) is 32.9 Å². The van der Waals surface area contributed by atoms with Gasteiger partial charge in [-0.2, -0.15) is 0 Å². The zero-order valence-corrected chi connectivity index (χ0v) is 10.2. The molecule has 1 rings (SSSR count). The number of anilines is 1. The molecule has 0 saturated heterocycles. The Hall–Kier alpha value is -1.35. The number of nitrogens with two attached hydrogens (primary N) is 1. The van der Waals surface area contributed by atoms with E-state index in [1.165, 1.54) is 5.56 Å². The fraction of sp³-hybridized carbons (Fsp3) is 0.462. The predicted molar refractivity (Wildman–Crippen MR) is 67.3 cm³/mol. The Kier molecular flexibility index (Phi) is 4.50. The molecule has 0 heterocycles. The van der Waals surface area contributed by atoms with Gasteiger partial charge in [0.1, 0.15) is 0 Å². The summed E-state index contributed by atoms with van der Waals surface area (Å²) >= 11 is 0. The van der Waals surface area contributed by atoms with Crippen molar-refractivity contribution in [1.82, 2.24) is 0 Å². The highest BCUT2D eigenvalue weighted by atomic mass is 16.2. The second-order valence-electron chi connectivity index (χ2n) is 4.31. The first-order valence-corrected chi connectivity index (χ1v) is 5.70. The quantitative estimate of drug-likeness (QED) is 0.817. The molecule has 1 atom stereocenters. The molecule has 0 aliphatic carbocycles. The van der Waals surface area contributed by atoms with Crippen LogP contribution in [0.5, 0.6) is 0 Å². The van der Waals surface area contributed by atoms with E-state index in [2.05, 4.69) is 12.2 Å². The molecular formula is C13H20N2O. The molecule has 1 aromatic rings. The number of benzene rings is 1. The Labute approximate surface area is 97.0 Å². The van der Waals surface area contributed by atoms with E-state index in [4.69, 9.17) is 5.73 Å². The van der Waals surface area contributed by atoms with Crippen molar-refractivity contribution >= 4 is 11.6 Å². The normalized spacial score (nSPS) is 12.6. The molecule has 0 aromatic heterocycles. The lowest BCUT2D eigenvalue weighted by Gasteiger charge is -2.15. The largest absolute Gasteiger partial charge is 0.325 e. The van der Waals surface area contributed by atoms with E-state index in [1.54, 1.807) is 0 Å². The number of carbonyl (C=O) groups is 1. The molecule has 0 radical (unpaired) electrons. The zero-order valence-electron chi connectivity index (χ0n) is 10.2. The summed E-state index contributed by atoms with van der Waals surface area (Å²) in [6, 6.07) is 7.38. The minimum atomic E-state index is -0.453. The van der Waals surface area contributed by atoms with Gasteiger partial charge in [-0.3, -0.25) is 4.79 Å². The zero-order chi connectivity index (χ0) is 12.1. The minimum absolute atomic E-state index is 0.122. The average Bonchev–Trinajstić information content (AvgIpc) is 2.28. The Bertz CT molecular complexity index is 361. The highest BCUT2D eigenvalue weighted by molar-refractivity contribution is 5.94. The van der Waals surface area contributed by atoms with Crippen LogP contribution < -0.4 is 11.1 Å². The number of hydrogen-bond acceptors (Lipinski definition) is 2. The molecule has 0 aliphatic rings. The lowest BCUT2D eigenvalue weighted by molar-refractivity contribution is -0.118. The number of carbonyl (C=O) groups excluding carboxylic acids is 1. The van der Waals surface area contributed by atoms with Crippen LogP contribution in [0.1, 0.15) is 26.3 Å². The molecule has 1 amide bonds. The summed E-state index contributed by atoms with van der Waals surface area (Å²) < 4.78 is 0. The van der Waals surface area contributed by atoms with Crippen molar-refractivity contribution in [2.75, 3.05) is 5.32 Å². The standard InChI is InChI=1S/C13H20N2O/c1-4-10-6-5-7-11(8-10)15-13(16)12(14)9(2)3/h5-9,12H,4,14H2,1-3H3,(H,15,16). The fourth-order valence-electron chi connectivity index (χ4n) is 1.40. The first kappa shape index (κ1) is 12.7. The van der Waals surface area contributed by atoms with Crippen LogP contribution >= 0.6 is 0 Å². The maximum atomic E-state index is 11.7. The van der Waals surface area contributed by atoms with Gasteiger partial charge in [0, 0.05) is 5.69 Å². The molecule has 3 nitrogen and oxygen atoms in total. The first-order chi connectivity index (χ1) is 7.54. The van der Waals surface area contributed by atoms with Gasteiger partial charge >= 0.3 is 0 Å². The highest BCUT2D eigenvalue weighted by Crippen LogP contribution is 2.12. The van der Waals surface area contributed by atoms with E-state index in [0.29, 0.717) is 0 Å². The van der Waals surface area contributed by atoms with Gasteiger partial charge in [-0.15, -0.1) is 0 Å². The lowest BCUT2D eigenvalue weighted by atomic mass is 10.0. The SMILES string of the molecule is CCc1cccc(NC(=O)C(N)C(C)C)c1. The number of amides is 1. The van der Waals surface area contributed by atoms with Gasteiger partial charge in [-0.05, 0) is 30.0 Å². The first-order valence-electron chi connectivity index (χ1n) is 5.70. The number of aryl methyl sites for hydroxylation is 1. The topological polar surface area (TPSA) is 55.1 Å². The van der Waals surface area contributed by atoms with Crippen molar-refractivity contribution in [2.24, 2.45) is 11.7 Å². The van der Waals surface area contributed by atoms with Crippen LogP contribution in [0.4, 0.5) is 5.69 Å². The van der Waals surface area contributed by atoms with Crippen LogP contribution in [0.3, 0.4) is 0 Å². The predicted octanol–water partition coefficient (Wildman–Crippen LogP) is 2.17. The van der Waals surface area contributed by atoms with Gasteiger partial charge in [0.15, 0.2) is 0 Å². The molecule has 3 heteroatoms. The van der Waals surface area contributed by atoms with Crippen molar-refractivity contribution in [3.8, 4) is 0 Å². The highest BCUT2D eigenvalue weighted by Gasteiger charge is 2.16.